The van der Waals surface area contributed by atoms with Gasteiger partial charge in [-0.05, 0) is 41.8 Å². The van der Waals surface area contributed by atoms with Gasteiger partial charge in [-0.15, -0.1) is 0 Å². The topological polar surface area (TPSA) is 97.7 Å². The van der Waals surface area contributed by atoms with E-state index in [2.05, 4.69) is 18.6 Å². The van der Waals surface area contributed by atoms with Crippen LogP contribution in [0.1, 0.15) is 25.3 Å². The molecule has 0 aliphatic carbocycles. The third kappa shape index (κ3) is 4.72. The molecule has 4 rings (SSSR count). The Balaban J connectivity index is 1.57. The van der Waals surface area contributed by atoms with Crippen LogP contribution in [0.2, 0.25) is 0 Å². The van der Waals surface area contributed by atoms with Crippen LogP contribution in [0.25, 0.3) is 10.2 Å². The van der Waals surface area contributed by atoms with E-state index in [0.29, 0.717) is 48.1 Å². The number of sulfonamides is 1. The van der Waals surface area contributed by atoms with Gasteiger partial charge in [0.1, 0.15) is 6.54 Å². The minimum absolute atomic E-state index is 0.0610. The van der Waals surface area contributed by atoms with E-state index < -0.39 is 10.0 Å². The van der Waals surface area contributed by atoms with Gasteiger partial charge in [0.05, 0.1) is 28.3 Å². The van der Waals surface area contributed by atoms with Crippen LogP contribution >= 0.6 is 11.3 Å². The number of ether oxygens (including phenoxy) is 1. The molecule has 3 aromatic rings. The average molecular weight is 476 g/mol. The average Bonchev–Trinajstić information content (AvgIpc) is 3.08. The Morgan fingerprint density at radius 3 is 2.47 bits per heavy atom. The van der Waals surface area contributed by atoms with E-state index in [1.807, 2.05) is 12.1 Å². The van der Waals surface area contributed by atoms with E-state index in [1.54, 1.807) is 23.1 Å². The van der Waals surface area contributed by atoms with Crippen LogP contribution in [-0.4, -0.2) is 50.1 Å². The van der Waals surface area contributed by atoms with Crippen molar-refractivity contribution in [3.63, 3.8) is 0 Å². The van der Waals surface area contributed by atoms with Crippen molar-refractivity contribution >= 4 is 43.2 Å². The first-order valence-electron chi connectivity index (χ1n) is 10.4. The maximum atomic E-state index is 12.9. The fraction of sp³-hybridized carbons (Fsp3) is 0.364. The molecule has 0 radical (unpaired) electrons. The summed E-state index contributed by atoms with van der Waals surface area (Å²) in [6.45, 7) is 6.04. The van der Waals surface area contributed by atoms with Gasteiger partial charge in [0.25, 0.3) is 10.0 Å². The van der Waals surface area contributed by atoms with Crippen molar-refractivity contribution in [2.75, 3.05) is 31.0 Å². The Hall–Kier alpha value is -2.69. The van der Waals surface area contributed by atoms with Gasteiger partial charge >= 0.3 is 4.87 Å². The summed E-state index contributed by atoms with van der Waals surface area (Å²) in [6.07, 6.45) is 0. The maximum absolute atomic E-state index is 12.9. The second-order valence-corrected chi connectivity index (χ2v) is 10.6. The fourth-order valence-corrected chi connectivity index (χ4v) is 5.65. The van der Waals surface area contributed by atoms with Crippen LogP contribution in [0.15, 0.2) is 52.2 Å². The van der Waals surface area contributed by atoms with Crippen molar-refractivity contribution < 1.29 is 17.9 Å². The van der Waals surface area contributed by atoms with Crippen LogP contribution in [0, 0.1) is 0 Å². The lowest BCUT2D eigenvalue weighted by Gasteiger charge is -2.26. The van der Waals surface area contributed by atoms with Crippen molar-refractivity contribution in [2.45, 2.75) is 31.2 Å². The smallest absolute Gasteiger partial charge is 0.308 e. The number of anilines is 1. The summed E-state index contributed by atoms with van der Waals surface area (Å²) in [6, 6.07) is 11.8. The maximum Gasteiger partial charge on any atom is 0.308 e. The van der Waals surface area contributed by atoms with Crippen molar-refractivity contribution in [1.82, 2.24) is 9.47 Å². The van der Waals surface area contributed by atoms with Gasteiger partial charge in [-0.1, -0.05) is 37.3 Å². The molecule has 0 spiro atoms. The first-order chi connectivity index (χ1) is 15.2. The number of aromatic nitrogens is 1. The van der Waals surface area contributed by atoms with Crippen LogP contribution in [0.3, 0.4) is 0 Å². The van der Waals surface area contributed by atoms with Gasteiger partial charge in [-0.25, -0.2) is 8.42 Å². The molecule has 170 valence electrons. The van der Waals surface area contributed by atoms with Crippen LogP contribution in [0.5, 0.6) is 0 Å². The Kier molecular flexibility index (Phi) is 6.36. The predicted octanol–water partition coefficient (Wildman–Crippen LogP) is 2.85. The summed E-state index contributed by atoms with van der Waals surface area (Å²) < 4.78 is 35.5. The number of amides is 1. The van der Waals surface area contributed by atoms with Gasteiger partial charge in [0.2, 0.25) is 5.91 Å². The first kappa shape index (κ1) is 22.5. The summed E-state index contributed by atoms with van der Waals surface area (Å²) in [4.78, 5) is 26.5. The molecule has 1 aromatic heterocycles. The number of benzene rings is 2. The number of morpholine rings is 1. The molecule has 1 aliphatic heterocycles. The third-order valence-electron chi connectivity index (χ3n) is 5.44. The third-order valence-corrected chi connectivity index (χ3v) is 7.76. The number of carbonyl (C=O) groups is 1. The minimum Gasteiger partial charge on any atom is -0.378 e. The lowest BCUT2D eigenvalue weighted by atomic mass is 10.0. The van der Waals surface area contributed by atoms with E-state index in [4.69, 9.17) is 4.74 Å². The van der Waals surface area contributed by atoms with E-state index in [1.165, 1.54) is 16.7 Å². The lowest BCUT2D eigenvalue weighted by molar-refractivity contribution is -0.135. The Morgan fingerprint density at radius 2 is 1.81 bits per heavy atom. The minimum atomic E-state index is -3.83. The highest BCUT2D eigenvalue weighted by molar-refractivity contribution is 7.92. The number of fused-ring (bicyclic) bond motifs is 1. The number of hydrogen-bond donors (Lipinski definition) is 1. The highest BCUT2D eigenvalue weighted by atomic mass is 32.2. The molecule has 0 saturated carbocycles. The molecule has 8 nitrogen and oxygen atoms in total. The van der Waals surface area contributed by atoms with Gasteiger partial charge in [0, 0.05) is 18.8 Å². The van der Waals surface area contributed by atoms with Gasteiger partial charge in [0.15, 0.2) is 0 Å². The molecule has 1 aliphatic rings. The number of hydrogen-bond acceptors (Lipinski definition) is 6. The Morgan fingerprint density at radius 1 is 1.12 bits per heavy atom. The summed E-state index contributed by atoms with van der Waals surface area (Å²) in [5, 5.41) is 0. The fourth-order valence-electron chi connectivity index (χ4n) is 3.56. The predicted molar refractivity (Wildman–Crippen MR) is 125 cm³/mol. The van der Waals surface area contributed by atoms with E-state index >= 15 is 0 Å². The van der Waals surface area contributed by atoms with Crippen molar-refractivity contribution in [3.05, 3.63) is 57.7 Å². The summed E-state index contributed by atoms with van der Waals surface area (Å²) in [7, 11) is -3.83. The highest BCUT2D eigenvalue weighted by Gasteiger charge is 2.21. The first-order valence-corrected chi connectivity index (χ1v) is 12.7. The molecule has 2 heterocycles. The molecular formula is C22H25N3O5S2. The summed E-state index contributed by atoms with van der Waals surface area (Å²) in [5.74, 6) is 0.198. The summed E-state index contributed by atoms with van der Waals surface area (Å²) >= 11 is 0.929. The van der Waals surface area contributed by atoms with Gasteiger partial charge in [-0.3, -0.25) is 18.9 Å². The quantitative estimate of drug-likeness (QED) is 0.591. The van der Waals surface area contributed by atoms with Crippen molar-refractivity contribution in [3.8, 4) is 0 Å². The van der Waals surface area contributed by atoms with E-state index in [9.17, 15) is 18.0 Å². The lowest BCUT2D eigenvalue weighted by Crippen LogP contribution is -2.43. The second kappa shape index (κ2) is 9.05. The van der Waals surface area contributed by atoms with Gasteiger partial charge in [-0.2, -0.15) is 0 Å². The van der Waals surface area contributed by atoms with E-state index in [-0.39, 0.29) is 22.2 Å². The number of nitrogens with one attached hydrogen (secondary N) is 1. The Labute approximate surface area is 190 Å². The highest BCUT2D eigenvalue weighted by Crippen LogP contribution is 2.24. The summed E-state index contributed by atoms with van der Waals surface area (Å²) in [5.41, 5.74) is 2.13. The largest absolute Gasteiger partial charge is 0.378 e. The van der Waals surface area contributed by atoms with Crippen LogP contribution in [-0.2, 0) is 26.1 Å². The molecule has 32 heavy (non-hydrogen) atoms. The molecule has 1 N–H and O–H groups in total. The van der Waals surface area contributed by atoms with Crippen LogP contribution < -0.4 is 9.60 Å². The van der Waals surface area contributed by atoms with Crippen LogP contribution in [0.4, 0.5) is 5.69 Å². The number of thiazole rings is 1. The second-order valence-electron chi connectivity index (χ2n) is 7.96. The molecule has 1 fully saturated rings. The van der Waals surface area contributed by atoms with Gasteiger partial charge < -0.3 is 9.64 Å². The monoisotopic (exact) mass is 475 g/mol. The number of nitrogens with zero attached hydrogens (tertiary/aromatic N) is 2. The molecule has 1 amide bonds. The molecule has 0 atom stereocenters. The SMILES string of the molecule is CC(C)c1ccc(NS(=O)(=O)c2ccc3c(c2)sc(=O)n3CC(=O)N2CCOCC2)cc1. The zero-order valence-electron chi connectivity index (χ0n) is 17.9. The molecule has 10 heteroatoms. The number of carbonyl (C=O) groups excluding carboxylic acids is 1. The molecular weight excluding hydrogens is 450 g/mol. The molecule has 2 aromatic carbocycles. The van der Waals surface area contributed by atoms with E-state index in [0.717, 1.165) is 16.9 Å². The molecule has 1 saturated heterocycles. The molecule has 0 bridgehead atoms. The number of rotatable bonds is 6. The normalized spacial score (nSPS) is 14.8. The standard InChI is InChI=1S/C22H25N3O5S2/c1-15(2)16-3-5-17(6-4-16)23-32(28,29)18-7-8-19-20(13-18)31-22(27)25(19)14-21(26)24-9-11-30-12-10-24/h3-8,13,15,23H,9-12,14H2,1-2H3. The molecule has 0 unspecified atom stereocenters. The Bertz CT molecular complexity index is 1290. The van der Waals surface area contributed by atoms with Crippen molar-refractivity contribution in [1.29, 1.82) is 0 Å². The zero-order valence-corrected chi connectivity index (χ0v) is 19.5. The zero-order chi connectivity index (χ0) is 22.9. The van der Waals surface area contributed by atoms with Crippen molar-refractivity contribution in [2.24, 2.45) is 0 Å².